The lowest BCUT2D eigenvalue weighted by atomic mass is 10.1. The third kappa shape index (κ3) is 1.61. The summed E-state index contributed by atoms with van der Waals surface area (Å²) in [6.45, 7) is 2.01. The van der Waals surface area contributed by atoms with E-state index in [1.807, 2.05) is 12.1 Å². The summed E-state index contributed by atoms with van der Waals surface area (Å²) in [7, 11) is 0. The van der Waals surface area contributed by atoms with Crippen LogP contribution >= 0.6 is 0 Å². The Morgan fingerprint density at radius 2 is 2.16 bits per heavy atom. The lowest BCUT2D eigenvalue weighted by Gasteiger charge is -2.09. The minimum Gasteiger partial charge on any atom is -0.364 e. The highest BCUT2D eigenvalue weighted by Crippen LogP contribution is 2.24. The van der Waals surface area contributed by atoms with E-state index in [-0.39, 0.29) is 18.1 Å². The average Bonchev–Trinajstić information content (AvgIpc) is 2.65. The molecule has 2 heterocycles. The molecule has 1 aliphatic rings. The van der Waals surface area contributed by atoms with E-state index in [1.54, 1.807) is 23.6 Å². The number of rotatable bonds is 1. The number of aryl methyl sites for hydroxylation is 1. The Bertz CT molecular complexity index is 703. The molecule has 3 N–H and O–H groups in total. The number of benzene rings is 1. The number of carbonyl (C=O) groups is 2. The molecule has 0 fully saturated rings. The number of hydrogen-bond donors (Lipinski definition) is 2. The first-order valence-corrected chi connectivity index (χ1v) is 5.85. The van der Waals surface area contributed by atoms with Gasteiger partial charge in [-0.3, -0.25) is 14.2 Å². The van der Waals surface area contributed by atoms with Crippen molar-refractivity contribution in [1.82, 2.24) is 14.9 Å². The standard InChI is InChI=1S/C13H12N4O2/c1-7-16-11(12(14)18)10-6-15-13(19)8-4-2-3-5-9(8)17(7)10/h2-5H,6H2,1H3,(H2,14,18)(H,15,19). The molecule has 0 aliphatic carbocycles. The molecule has 1 aromatic heterocycles. The summed E-state index contributed by atoms with van der Waals surface area (Å²) in [5.74, 6) is -0.132. The van der Waals surface area contributed by atoms with Crippen molar-refractivity contribution < 1.29 is 9.59 Å². The van der Waals surface area contributed by atoms with Crippen LogP contribution in [0.1, 0.15) is 32.4 Å². The number of hydrogen-bond acceptors (Lipinski definition) is 3. The number of nitrogens with two attached hydrogens (primary N) is 1. The molecule has 0 atom stereocenters. The predicted molar refractivity (Wildman–Crippen MR) is 68.0 cm³/mol. The number of imidazole rings is 1. The largest absolute Gasteiger partial charge is 0.364 e. The molecular weight excluding hydrogens is 244 g/mol. The zero-order valence-corrected chi connectivity index (χ0v) is 10.3. The maximum absolute atomic E-state index is 12.0. The fraction of sp³-hybridized carbons (Fsp3) is 0.154. The van der Waals surface area contributed by atoms with Gasteiger partial charge in [-0.15, -0.1) is 0 Å². The molecule has 96 valence electrons. The van der Waals surface area contributed by atoms with Gasteiger partial charge in [0.15, 0.2) is 5.69 Å². The van der Waals surface area contributed by atoms with Gasteiger partial charge in [0.25, 0.3) is 11.8 Å². The van der Waals surface area contributed by atoms with Crippen LogP contribution in [0.3, 0.4) is 0 Å². The molecule has 6 heteroatoms. The van der Waals surface area contributed by atoms with Crippen LogP contribution in [0.25, 0.3) is 5.69 Å². The third-order valence-corrected chi connectivity index (χ3v) is 3.18. The maximum atomic E-state index is 12.0. The number of primary amides is 1. The number of aromatic nitrogens is 2. The molecule has 0 saturated heterocycles. The van der Waals surface area contributed by atoms with Gasteiger partial charge in [0.1, 0.15) is 5.82 Å². The minimum atomic E-state index is -0.592. The molecule has 6 nitrogen and oxygen atoms in total. The molecule has 0 spiro atoms. The van der Waals surface area contributed by atoms with E-state index >= 15 is 0 Å². The van der Waals surface area contributed by atoms with Crippen molar-refractivity contribution in [3.05, 3.63) is 47.0 Å². The maximum Gasteiger partial charge on any atom is 0.269 e. The smallest absolute Gasteiger partial charge is 0.269 e. The van der Waals surface area contributed by atoms with Crippen molar-refractivity contribution in [3.8, 4) is 5.69 Å². The number of amides is 2. The van der Waals surface area contributed by atoms with Crippen molar-refractivity contribution in [2.75, 3.05) is 0 Å². The van der Waals surface area contributed by atoms with Gasteiger partial charge in [-0.2, -0.15) is 0 Å². The van der Waals surface area contributed by atoms with Gasteiger partial charge in [0.2, 0.25) is 0 Å². The Morgan fingerprint density at radius 3 is 2.89 bits per heavy atom. The van der Waals surface area contributed by atoms with Crippen LogP contribution in [0.2, 0.25) is 0 Å². The second-order valence-corrected chi connectivity index (χ2v) is 4.35. The fourth-order valence-corrected chi connectivity index (χ4v) is 2.38. The van der Waals surface area contributed by atoms with Gasteiger partial charge in [-0.1, -0.05) is 12.1 Å². The molecule has 1 aliphatic heterocycles. The van der Waals surface area contributed by atoms with Crippen LogP contribution in [-0.4, -0.2) is 21.4 Å². The number of nitrogens with one attached hydrogen (secondary N) is 1. The molecule has 2 amide bonds. The first-order valence-electron chi connectivity index (χ1n) is 5.85. The van der Waals surface area contributed by atoms with E-state index in [2.05, 4.69) is 10.3 Å². The van der Waals surface area contributed by atoms with Gasteiger partial charge in [-0.05, 0) is 19.1 Å². The second kappa shape index (κ2) is 3.94. The Morgan fingerprint density at radius 1 is 1.42 bits per heavy atom. The van der Waals surface area contributed by atoms with Crippen LogP contribution < -0.4 is 11.1 Å². The average molecular weight is 256 g/mol. The molecular formula is C13H12N4O2. The zero-order valence-electron chi connectivity index (χ0n) is 10.3. The van der Waals surface area contributed by atoms with E-state index in [0.717, 1.165) is 0 Å². The SMILES string of the molecule is Cc1nc(C(N)=O)c2n1-c1ccccc1C(=O)NC2. The summed E-state index contributed by atoms with van der Waals surface area (Å²) in [5.41, 5.74) is 7.41. The van der Waals surface area contributed by atoms with E-state index in [0.29, 0.717) is 22.8 Å². The van der Waals surface area contributed by atoms with E-state index < -0.39 is 5.91 Å². The van der Waals surface area contributed by atoms with Crippen LogP contribution in [0, 0.1) is 6.92 Å². The summed E-state index contributed by atoms with van der Waals surface area (Å²) in [6.07, 6.45) is 0. The number of fused-ring (bicyclic) bond motifs is 3. The van der Waals surface area contributed by atoms with Crippen molar-refractivity contribution in [1.29, 1.82) is 0 Å². The molecule has 0 radical (unpaired) electrons. The second-order valence-electron chi connectivity index (χ2n) is 4.35. The highest BCUT2D eigenvalue weighted by Gasteiger charge is 2.25. The predicted octanol–water partition coefficient (Wildman–Crippen LogP) is 0.523. The Balaban J connectivity index is 2.35. The van der Waals surface area contributed by atoms with Crippen molar-refractivity contribution in [2.24, 2.45) is 5.73 Å². The first kappa shape index (κ1) is 11.5. The summed E-state index contributed by atoms with van der Waals surface area (Å²) in [4.78, 5) is 27.6. The summed E-state index contributed by atoms with van der Waals surface area (Å²) in [5, 5.41) is 2.76. The van der Waals surface area contributed by atoms with E-state index in [1.165, 1.54) is 0 Å². The third-order valence-electron chi connectivity index (χ3n) is 3.18. The van der Waals surface area contributed by atoms with Crippen molar-refractivity contribution in [2.45, 2.75) is 13.5 Å². The van der Waals surface area contributed by atoms with Crippen molar-refractivity contribution in [3.63, 3.8) is 0 Å². The molecule has 3 rings (SSSR count). The van der Waals surface area contributed by atoms with Gasteiger partial charge in [0, 0.05) is 0 Å². The lowest BCUT2D eigenvalue weighted by Crippen LogP contribution is -2.23. The minimum absolute atomic E-state index is 0.172. The van der Waals surface area contributed by atoms with Crippen LogP contribution in [-0.2, 0) is 6.54 Å². The van der Waals surface area contributed by atoms with Crippen LogP contribution in [0.5, 0.6) is 0 Å². The van der Waals surface area contributed by atoms with Crippen LogP contribution in [0.4, 0.5) is 0 Å². The molecule has 0 unspecified atom stereocenters. The highest BCUT2D eigenvalue weighted by atomic mass is 16.2. The summed E-state index contributed by atoms with van der Waals surface area (Å²) in [6, 6.07) is 7.20. The first-order chi connectivity index (χ1) is 9.09. The van der Waals surface area contributed by atoms with Gasteiger partial charge in [-0.25, -0.2) is 4.98 Å². The van der Waals surface area contributed by atoms with E-state index in [4.69, 9.17) is 5.73 Å². The Kier molecular flexibility index (Phi) is 2.38. The monoisotopic (exact) mass is 256 g/mol. The van der Waals surface area contributed by atoms with E-state index in [9.17, 15) is 9.59 Å². The zero-order chi connectivity index (χ0) is 13.6. The topological polar surface area (TPSA) is 90.0 Å². The van der Waals surface area contributed by atoms with Gasteiger partial charge < -0.3 is 11.1 Å². The molecule has 1 aromatic carbocycles. The number of carbonyl (C=O) groups excluding carboxylic acids is 2. The molecule has 0 saturated carbocycles. The summed E-state index contributed by atoms with van der Waals surface area (Å²) < 4.78 is 1.80. The highest BCUT2D eigenvalue weighted by molar-refractivity contribution is 5.99. The molecule has 2 aromatic rings. The quantitative estimate of drug-likeness (QED) is 0.779. The Hall–Kier alpha value is -2.63. The summed E-state index contributed by atoms with van der Waals surface area (Å²) >= 11 is 0. The fourth-order valence-electron chi connectivity index (χ4n) is 2.38. The Labute approximate surface area is 109 Å². The van der Waals surface area contributed by atoms with Crippen molar-refractivity contribution >= 4 is 11.8 Å². The van der Waals surface area contributed by atoms with Crippen LogP contribution in [0.15, 0.2) is 24.3 Å². The molecule has 0 bridgehead atoms. The normalized spacial score (nSPS) is 13.2. The number of para-hydroxylation sites is 1. The van der Waals surface area contributed by atoms with Gasteiger partial charge >= 0.3 is 0 Å². The number of nitrogens with zero attached hydrogens (tertiary/aromatic N) is 2. The van der Waals surface area contributed by atoms with Gasteiger partial charge in [0.05, 0.1) is 23.5 Å². The molecule has 19 heavy (non-hydrogen) atoms. The lowest BCUT2D eigenvalue weighted by molar-refractivity contribution is 0.0947.